The van der Waals surface area contributed by atoms with Crippen molar-refractivity contribution in [2.75, 3.05) is 26.7 Å². The van der Waals surface area contributed by atoms with E-state index in [-0.39, 0.29) is 5.75 Å². The lowest BCUT2D eigenvalue weighted by molar-refractivity contribution is -0.153. The second-order valence-corrected chi connectivity index (χ2v) is 4.37. The smallest absolute Gasteiger partial charge is 0.422 e. The molecule has 0 aliphatic carbocycles. The fraction of sp³-hybridized carbons (Fsp3) is 0.500. The molecule has 20 heavy (non-hydrogen) atoms. The summed E-state index contributed by atoms with van der Waals surface area (Å²) in [5.74, 6) is 0.849. The summed E-state index contributed by atoms with van der Waals surface area (Å²) in [5.41, 5.74) is 0.604. The highest BCUT2D eigenvalue weighted by molar-refractivity contribution is 5.81. The molecule has 0 saturated carbocycles. The topological polar surface area (TPSA) is 49.8 Å². The Morgan fingerprint density at radius 1 is 1.45 bits per heavy atom. The third-order valence-corrected chi connectivity index (χ3v) is 2.76. The molecule has 1 aliphatic heterocycles. The number of likely N-dealkylation sites (N-methyl/N-ethyl adjacent to an activating group) is 1. The van der Waals surface area contributed by atoms with Crippen molar-refractivity contribution in [2.45, 2.75) is 12.7 Å². The van der Waals surface area contributed by atoms with Crippen LogP contribution in [0.15, 0.2) is 23.5 Å². The van der Waals surface area contributed by atoms with Crippen molar-refractivity contribution in [1.29, 1.82) is 0 Å². The van der Waals surface area contributed by atoms with Gasteiger partial charge in [-0.15, -0.1) is 0 Å². The summed E-state index contributed by atoms with van der Waals surface area (Å²) < 4.78 is 41.3. The number of ether oxygens (including phenoxy) is 1. The number of aliphatic imine (C=N–C) groups is 1. The van der Waals surface area contributed by atoms with E-state index in [9.17, 15) is 13.2 Å². The van der Waals surface area contributed by atoms with Crippen molar-refractivity contribution < 1.29 is 17.9 Å². The van der Waals surface area contributed by atoms with Crippen LogP contribution in [0.3, 0.4) is 0 Å². The summed E-state index contributed by atoms with van der Waals surface area (Å²) in [5, 5.41) is 3.07. The van der Waals surface area contributed by atoms with Gasteiger partial charge in [0.05, 0.1) is 12.7 Å². The van der Waals surface area contributed by atoms with Crippen LogP contribution in [0.4, 0.5) is 13.2 Å². The van der Waals surface area contributed by atoms with E-state index in [0.29, 0.717) is 18.7 Å². The minimum Gasteiger partial charge on any atom is -0.482 e. The molecule has 1 aliphatic rings. The Morgan fingerprint density at radius 2 is 2.25 bits per heavy atom. The Bertz CT molecular complexity index is 490. The molecule has 0 radical (unpaired) electrons. The van der Waals surface area contributed by atoms with Crippen LogP contribution in [0, 0.1) is 0 Å². The van der Waals surface area contributed by atoms with Gasteiger partial charge in [0.2, 0.25) is 0 Å². The first-order chi connectivity index (χ1) is 9.46. The van der Waals surface area contributed by atoms with Crippen molar-refractivity contribution in [3.63, 3.8) is 0 Å². The summed E-state index contributed by atoms with van der Waals surface area (Å²) in [6.07, 6.45) is -1.57. The van der Waals surface area contributed by atoms with Gasteiger partial charge in [-0.05, 0) is 6.07 Å². The van der Waals surface area contributed by atoms with Gasteiger partial charge in [-0.3, -0.25) is 9.98 Å². The molecular formula is C12H15F3N4O. The van der Waals surface area contributed by atoms with Crippen LogP contribution in [-0.4, -0.2) is 48.8 Å². The average Bonchev–Trinajstić information content (AvgIpc) is 2.79. The molecule has 0 aromatic carbocycles. The minimum absolute atomic E-state index is 0.124. The van der Waals surface area contributed by atoms with Crippen LogP contribution in [0.1, 0.15) is 5.56 Å². The normalized spacial score (nSPS) is 15.2. The van der Waals surface area contributed by atoms with Crippen molar-refractivity contribution in [2.24, 2.45) is 4.99 Å². The second kappa shape index (κ2) is 5.98. The van der Waals surface area contributed by atoms with Crippen LogP contribution in [0.25, 0.3) is 0 Å². The highest BCUT2D eigenvalue weighted by Crippen LogP contribution is 2.21. The number of nitrogens with zero attached hydrogens (tertiary/aromatic N) is 3. The first kappa shape index (κ1) is 14.4. The molecule has 8 heteroatoms. The van der Waals surface area contributed by atoms with Gasteiger partial charge in [-0.2, -0.15) is 13.2 Å². The summed E-state index contributed by atoms with van der Waals surface area (Å²) in [4.78, 5) is 9.96. The van der Waals surface area contributed by atoms with Crippen LogP contribution >= 0.6 is 0 Å². The van der Waals surface area contributed by atoms with Crippen molar-refractivity contribution >= 4 is 5.96 Å². The number of nitrogens with one attached hydrogen (secondary N) is 1. The number of hydrogen-bond acceptors (Lipinski definition) is 5. The number of hydrogen-bond donors (Lipinski definition) is 1. The zero-order valence-corrected chi connectivity index (χ0v) is 10.9. The lowest BCUT2D eigenvalue weighted by atomic mass is 10.2. The van der Waals surface area contributed by atoms with E-state index in [0.717, 1.165) is 12.5 Å². The molecular weight excluding hydrogens is 273 g/mol. The average molecular weight is 288 g/mol. The van der Waals surface area contributed by atoms with Crippen molar-refractivity contribution in [3.05, 3.63) is 24.0 Å². The lowest BCUT2D eigenvalue weighted by Crippen LogP contribution is -2.35. The number of halogens is 3. The third-order valence-electron chi connectivity index (χ3n) is 2.76. The fourth-order valence-corrected chi connectivity index (χ4v) is 1.74. The Balaban J connectivity index is 1.97. The maximum absolute atomic E-state index is 12.2. The van der Waals surface area contributed by atoms with Gasteiger partial charge in [-0.25, -0.2) is 0 Å². The van der Waals surface area contributed by atoms with Gasteiger partial charge in [0.15, 0.2) is 12.6 Å². The number of alkyl halides is 3. The van der Waals surface area contributed by atoms with Gasteiger partial charge in [0.1, 0.15) is 5.75 Å². The first-order valence-corrected chi connectivity index (χ1v) is 6.07. The second-order valence-electron chi connectivity index (χ2n) is 4.37. The molecule has 2 heterocycles. The molecule has 0 spiro atoms. The Hall–Kier alpha value is -1.99. The van der Waals surface area contributed by atoms with E-state index in [1.165, 1.54) is 12.4 Å². The van der Waals surface area contributed by atoms with E-state index in [1.54, 1.807) is 6.07 Å². The van der Waals surface area contributed by atoms with E-state index < -0.39 is 12.8 Å². The summed E-state index contributed by atoms with van der Waals surface area (Å²) in [7, 11) is 1.90. The molecule has 0 unspecified atom stereocenters. The van der Waals surface area contributed by atoms with E-state index in [2.05, 4.69) is 15.3 Å². The Labute approximate surface area is 114 Å². The fourth-order valence-electron chi connectivity index (χ4n) is 1.74. The molecule has 0 saturated heterocycles. The summed E-state index contributed by atoms with van der Waals surface area (Å²) in [6.45, 7) is 0.550. The van der Waals surface area contributed by atoms with E-state index >= 15 is 0 Å². The van der Waals surface area contributed by atoms with Crippen LogP contribution < -0.4 is 10.1 Å². The third kappa shape index (κ3) is 4.01. The zero-order chi connectivity index (χ0) is 14.6. The maximum atomic E-state index is 12.2. The molecule has 0 atom stereocenters. The standard InChI is InChI=1S/C12H15F3N4O/c1-19-5-4-17-11(19)18-6-9-2-3-16-7-10(9)20-8-12(13,14)15/h2-3,7H,4-6,8H2,1H3,(H,17,18). The van der Waals surface area contributed by atoms with Gasteiger partial charge in [-0.1, -0.05) is 0 Å². The number of rotatable bonds is 4. The van der Waals surface area contributed by atoms with Crippen molar-refractivity contribution in [3.8, 4) is 5.75 Å². The zero-order valence-electron chi connectivity index (χ0n) is 10.9. The molecule has 5 nitrogen and oxygen atoms in total. The molecule has 2 rings (SSSR count). The van der Waals surface area contributed by atoms with Gasteiger partial charge >= 0.3 is 6.18 Å². The van der Waals surface area contributed by atoms with Gasteiger partial charge in [0, 0.05) is 31.9 Å². The number of aromatic nitrogens is 1. The lowest BCUT2D eigenvalue weighted by Gasteiger charge is -2.17. The van der Waals surface area contributed by atoms with Crippen LogP contribution in [0.5, 0.6) is 5.75 Å². The van der Waals surface area contributed by atoms with Gasteiger partial charge < -0.3 is 15.0 Å². The molecule has 110 valence electrons. The highest BCUT2D eigenvalue weighted by Gasteiger charge is 2.28. The predicted molar refractivity (Wildman–Crippen MR) is 67.6 cm³/mol. The minimum atomic E-state index is -4.36. The summed E-state index contributed by atoms with van der Waals surface area (Å²) >= 11 is 0. The summed E-state index contributed by atoms with van der Waals surface area (Å²) in [6, 6.07) is 1.62. The van der Waals surface area contributed by atoms with Crippen molar-refractivity contribution in [1.82, 2.24) is 15.2 Å². The van der Waals surface area contributed by atoms with Crippen LogP contribution in [-0.2, 0) is 6.54 Å². The number of guanidine groups is 1. The van der Waals surface area contributed by atoms with E-state index in [4.69, 9.17) is 4.74 Å². The van der Waals surface area contributed by atoms with Gasteiger partial charge in [0.25, 0.3) is 0 Å². The first-order valence-electron chi connectivity index (χ1n) is 6.07. The van der Waals surface area contributed by atoms with E-state index in [1.807, 2.05) is 11.9 Å². The Morgan fingerprint density at radius 3 is 2.90 bits per heavy atom. The molecule has 0 amide bonds. The highest BCUT2D eigenvalue weighted by atomic mass is 19.4. The maximum Gasteiger partial charge on any atom is 0.422 e. The number of pyridine rings is 1. The molecule has 0 fully saturated rings. The molecule has 1 aromatic rings. The monoisotopic (exact) mass is 288 g/mol. The predicted octanol–water partition coefficient (Wildman–Crippen LogP) is 1.41. The Kier molecular flexibility index (Phi) is 4.31. The SMILES string of the molecule is CN1CCN=C1NCc1ccncc1OCC(F)(F)F. The van der Waals surface area contributed by atoms with Crippen LogP contribution in [0.2, 0.25) is 0 Å². The largest absolute Gasteiger partial charge is 0.482 e. The molecule has 0 bridgehead atoms. The molecule has 1 aromatic heterocycles. The molecule has 1 N–H and O–H groups in total. The quantitative estimate of drug-likeness (QED) is 0.910.